The zero-order chi connectivity index (χ0) is 18.5. The number of ether oxygens (including phenoxy) is 2. The second kappa shape index (κ2) is 7.86. The summed E-state index contributed by atoms with van der Waals surface area (Å²) in [5.74, 6) is 0.704. The molecule has 0 bridgehead atoms. The van der Waals surface area contributed by atoms with E-state index in [2.05, 4.69) is 15.6 Å². The van der Waals surface area contributed by atoms with E-state index in [1.54, 1.807) is 32.4 Å². The minimum atomic E-state index is -0.275. The topological polar surface area (TPSA) is 89.5 Å². The molecule has 1 saturated carbocycles. The number of aromatic nitrogens is 1. The molecule has 1 aliphatic rings. The van der Waals surface area contributed by atoms with E-state index in [0.29, 0.717) is 23.6 Å². The van der Waals surface area contributed by atoms with E-state index >= 15 is 0 Å². The Kier molecular flexibility index (Phi) is 5.36. The first-order chi connectivity index (χ1) is 12.6. The highest BCUT2D eigenvalue weighted by molar-refractivity contribution is 5.98. The quantitative estimate of drug-likeness (QED) is 0.792. The normalized spacial score (nSPS) is 13.0. The summed E-state index contributed by atoms with van der Waals surface area (Å²) < 4.78 is 10.5. The molecule has 1 heterocycles. The van der Waals surface area contributed by atoms with Gasteiger partial charge in [0, 0.05) is 24.3 Å². The maximum absolute atomic E-state index is 12.4. The van der Waals surface area contributed by atoms with E-state index in [0.717, 1.165) is 18.4 Å². The fraction of sp³-hybridized carbons (Fsp3) is 0.316. The lowest BCUT2D eigenvalue weighted by molar-refractivity contribution is 0.0946. The predicted molar refractivity (Wildman–Crippen MR) is 95.4 cm³/mol. The molecule has 0 radical (unpaired) electrons. The largest absolute Gasteiger partial charge is 0.493 e. The Labute approximate surface area is 151 Å². The molecule has 0 aliphatic heterocycles. The molecule has 2 N–H and O–H groups in total. The third-order valence-electron chi connectivity index (χ3n) is 4.07. The van der Waals surface area contributed by atoms with Crippen molar-refractivity contribution >= 4 is 11.8 Å². The lowest BCUT2D eigenvalue weighted by Crippen LogP contribution is -2.27. The number of hydrogen-bond donors (Lipinski definition) is 2. The lowest BCUT2D eigenvalue weighted by Gasteiger charge is -2.10. The number of methoxy groups -OCH3 is 2. The molecule has 0 saturated heterocycles. The van der Waals surface area contributed by atoms with Gasteiger partial charge in [0.1, 0.15) is 5.69 Å². The van der Waals surface area contributed by atoms with Gasteiger partial charge in [-0.15, -0.1) is 0 Å². The van der Waals surface area contributed by atoms with E-state index in [1.165, 1.54) is 12.3 Å². The zero-order valence-electron chi connectivity index (χ0n) is 14.7. The molecular formula is C19H21N3O4. The van der Waals surface area contributed by atoms with Gasteiger partial charge < -0.3 is 20.1 Å². The van der Waals surface area contributed by atoms with Gasteiger partial charge in [0.05, 0.1) is 14.2 Å². The van der Waals surface area contributed by atoms with Crippen molar-refractivity contribution in [3.63, 3.8) is 0 Å². The Morgan fingerprint density at radius 1 is 1.08 bits per heavy atom. The minimum Gasteiger partial charge on any atom is -0.493 e. The molecule has 1 fully saturated rings. The molecule has 26 heavy (non-hydrogen) atoms. The Hall–Kier alpha value is -3.09. The summed E-state index contributed by atoms with van der Waals surface area (Å²) in [6, 6.07) is 8.77. The van der Waals surface area contributed by atoms with Gasteiger partial charge in [0.25, 0.3) is 11.8 Å². The number of nitrogens with one attached hydrogen (secondary N) is 2. The Bertz CT molecular complexity index is 818. The summed E-state index contributed by atoms with van der Waals surface area (Å²) in [6.07, 6.45) is 3.46. The van der Waals surface area contributed by atoms with Gasteiger partial charge in [-0.2, -0.15) is 0 Å². The van der Waals surface area contributed by atoms with Crippen LogP contribution in [0.2, 0.25) is 0 Å². The number of benzene rings is 1. The molecule has 2 aromatic rings. The summed E-state index contributed by atoms with van der Waals surface area (Å²) >= 11 is 0. The van der Waals surface area contributed by atoms with Crippen LogP contribution in [0.25, 0.3) is 0 Å². The van der Waals surface area contributed by atoms with Gasteiger partial charge in [0.15, 0.2) is 11.5 Å². The van der Waals surface area contributed by atoms with E-state index in [-0.39, 0.29) is 23.6 Å². The van der Waals surface area contributed by atoms with Crippen molar-refractivity contribution in [2.75, 3.05) is 14.2 Å². The number of amides is 2. The number of pyridine rings is 1. The lowest BCUT2D eigenvalue weighted by atomic mass is 10.1. The van der Waals surface area contributed by atoms with Crippen LogP contribution in [0.15, 0.2) is 36.5 Å². The van der Waals surface area contributed by atoms with Crippen molar-refractivity contribution < 1.29 is 19.1 Å². The molecule has 7 nitrogen and oxygen atoms in total. The molecule has 0 atom stereocenters. The highest BCUT2D eigenvalue weighted by Gasteiger charge is 2.24. The van der Waals surface area contributed by atoms with Gasteiger partial charge in [-0.05, 0) is 42.7 Å². The first-order valence-electron chi connectivity index (χ1n) is 8.36. The van der Waals surface area contributed by atoms with E-state index in [4.69, 9.17) is 9.47 Å². The second-order valence-corrected chi connectivity index (χ2v) is 6.05. The molecule has 136 valence electrons. The summed E-state index contributed by atoms with van der Waals surface area (Å²) in [5, 5.41) is 5.69. The summed E-state index contributed by atoms with van der Waals surface area (Å²) in [4.78, 5) is 28.5. The number of hydrogen-bond acceptors (Lipinski definition) is 5. The van der Waals surface area contributed by atoms with Crippen LogP contribution in [0.4, 0.5) is 0 Å². The third kappa shape index (κ3) is 4.30. The van der Waals surface area contributed by atoms with Crippen LogP contribution in [0.1, 0.15) is 39.3 Å². The Morgan fingerprint density at radius 2 is 1.85 bits per heavy atom. The van der Waals surface area contributed by atoms with Crippen molar-refractivity contribution in [2.24, 2.45) is 0 Å². The van der Waals surface area contributed by atoms with E-state index in [1.807, 2.05) is 6.07 Å². The minimum absolute atomic E-state index is 0.242. The fourth-order valence-electron chi connectivity index (χ4n) is 2.46. The predicted octanol–water partition coefficient (Wildman–Crippen LogP) is 1.92. The third-order valence-corrected chi connectivity index (χ3v) is 4.07. The van der Waals surface area contributed by atoms with Crippen LogP contribution in [0.5, 0.6) is 11.5 Å². The van der Waals surface area contributed by atoms with Crippen LogP contribution in [0.3, 0.4) is 0 Å². The van der Waals surface area contributed by atoms with E-state index in [9.17, 15) is 9.59 Å². The monoisotopic (exact) mass is 355 g/mol. The maximum Gasteiger partial charge on any atom is 0.270 e. The Morgan fingerprint density at radius 3 is 2.54 bits per heavy atom. The van der Waals surface area contributed by atoms with Gasteiger partial charge in [-0.3, -0.25) is 14.6 Å². The maximum atomic E-state index is 12.4. The fourth-order valence-corrected chi connectivity index (χ4v) is 2.46. The highest BCUT2D eigenvalue weighted by Crippen LogP contribution is 2.27. The molecular weight excluding hydrogens is 334 g/mol. The number of rotatable bonds is 7. The standard InChI is InChI=1S/C19H21N3O4/c1-25-16-6-3-12(9-17(16)26-2)11-21-18(23)13-7-8-20-15(10-13)19(24)22-14-4-5-14/h3,6-10,14H,4-5,11H2,1-2H3,(H,21,23)(H,22,24). The summed E-state index contributed by atoms with van der Waals surface area (Å²) in [5.41, 5.74) is 1.51. The molecule has 7 heteroatoms. The summed E-state index contributed by atoms with van der Waals surface area (Å²) in [7, 11) is 3.13. The van der Waals surface area contributed by atoms with Crippen molar-refractivity contribution in [2.45, 2.75) is 25.4 Å². The van der Waals surface area contributed by atoms with Gasteiger partial charge in [-0.1, -0.05) is 6.07 Å². The van der Waals surface area contributed by atoms with E-state index < -0.39 is 0 Å². The first-order valence-corrected chi connectivity index (χ1v) is 8.36. The zero-order valence-corrected chi connectivity index (χ0v) is 14.7. The number of carbonyl (C=O) groups is 2. The molecule has 1 aromatic carbocycles. The van der Waals surface area contributed by atoms with Crippen molar-refractivity contribution in [3.8, 4) is 11.5 Å². The SMILES string of the molecule is COc1ccc(CNC(=O)c2ccnc(C(=O)NC3CC3)c2)cc1OC. The second-order valence-electron chi connectivity index (χ2n) is 6.05. The van der Waals surface area contributed by atoms with Crippen LogP contribution in [-0.2, 0) is 6.54 Å². The van der Waals surface area contributed by atoms with Gasteiger partial charge in [-0.25, -0.2) is 0 Å². The molecule has 0 spiro atoms. The number of nitrogens with zero attached hydrogens (tertiary/aromatic N) is 1. The van der Waals surface area contributed by atoms with Gasteiger partial charge >= 0.3 is 0 Å². The average molecular weight is 355 g/mol. The van der Waals surface area contributed by atoms with Crippen LogP contribution < -0.4 is 20.1 Å². The van der Waals surface area contributed by atoms with Gasteiger partial charge in [0.2, 0.25) is 0 Å². The van der Waals surface area contributed by atoms with Crippen molar-refractivity contribution in [3.05, 3.63) is 53.3 Å². The molecule has 0 unspecified atom stereocenters. The number of carbonyl (C=O) groups excluding carboxylic acids is 2. The van der Waals surface area contributed by atoms with Crippen molar-refractivity contribution in [1.82, 2.24) is 15.6 Å². The molecule has 3 rings (SSSR count). The Balaban J connectivity index is 1.63. The highest BCUT2D eigenvalue weighted by atomic mass is 16.5. The average Bonchev–Trinajstić information content (AvgIpc) is 3.49. The molecule has 1 aliphatic carbocycles. The van der Waals surface area contributed by atoms with Crippen molar-refractivity contribution in [1.29, 1.82) is 0 Å². The molecule has 1 aromatic heterocycles. The first kappa shape index (κ1) is 17.7. The van der Waals surface area contributed by atoms with Crippen LogP contribution in [0, 0.1) is 0 Å². The van der Waals surface area contributed by atoms with Crippen LogP contribution >= 0.6 is 0 Å². The smallest absolute Gasteiger partial charge is 0.270 e. The van der Waals surface area contributed by atoms with Crippen LogP contribution in [-0.4, -0.2) is 37.1 Å². The molecule has 2 amide bonds. The summed E-state index contributed by atoms with van der Waals surface area (Å²) in [6.45, 7) is 0.325.